The quantitative estimate of drug-likeness (QED) is 0.439. The van der Waals surface area contributed by atoms with Gasteiger partial charge in [-0.05, 0) is 13.3 Å². The molecule has 10 heavy (non-hydrogen) atoms. The molecule has 4 heteroatoms. The minimum absolute atomic E-state index is 0.0927. The standard InChI is InChI=1S/C6H13BO3/c1-6(7)2-4(9)5(3-8)10-6/h4-5,8-9H,2-3,7H2,1H3/t4-,5-,6+/m1/s1. The average Bonchev–Trinajstić information content (AvgIpc) is 2.05. The minimum Gasteiger partial charge on any atom is -0.394 e. The number of aliphatic hydroxyl groups excluding tert-OH is 2. The van der Waals surface area contributed by atoms with Gasteiger partial charge in [-0.25, -0.2) is 0 Å². The maximum Gasteiger partial charge on any atom is 0.143 e. The Hall–Kier alpha value is -0.0551. The van der Waals surface area contributed by atoms with Crippen LogP contribution in [0.25, 0.3) is 0 Å². The summed E-state index contributed by atoms with van der Waals surface area (Å²) in [6.45, 7) is 1.82. The average molecular weight is 144 g/mol. The van der Waals surface area contributed by atoms with Crippen molar-refractivity contribution in [2.75, 3.05) is 6.61 Å². The van der Waals surface area contributed by atoms with Crippen molar-refractivity contribution in [3.05, 3.63) is 0 Å². The summed E-state index contributed by atoms with van der Waals surface area (Å²) in [4.78, 5) is 0. The third-order valence-corrected chi connectivity index (χ3v) is 1.78. The van der Waals surface area contributed by atoms with Gasteiger partial charge >= 0.3 is 0 Å². The molecule has 0 spiro atoms. The molecule has 3 atom stereocenters. The summed E-state index contributed by atoms with van der Waals surface area (Å²) in [6, 6.07) is 0. The van der Waals surface area contributed by atoms with Crippen molar-refractivity contribution < 1.29 is 14.9 Å². The van der Waals surface area contributed by atoms with E-state index in [1.54, 1.807) is 0 Å². The SMILES string of the molecule is B[C@]1(C)C[C@@H](O)[C@@H](CO)O1. The van der Waals surface area contributed by atoms with E-state index in [1.807, 2.05) is 14.8 Å². The van der Waals surface area contributed by atoms with E-state index < -0.39 is 6.10 Å². The lowest BCUT2D eigenvalue weighted by molar-refractivity contribution is -0.0308. The predicted molar refractivity (Wildman–Crippen MR) is 39.5 cm³/mol. The first-order valence-corrected chi connectivity index (χ1v) is 3.52. The molecule has 2 N–H and O–H groups in total. The summed E-state index contributed by atoms with van der Waals surface area (Å²) >= 11 is 0. The number of ether oxygens (including phenoxy) is 1. The first-order valence-electron chi connectivity index (χ1n) is 3.52. The van der Waals surface area contributed by atoms with Crippen LogP contribution < -0.4 is 0 Å². The first-order chi connectivity index (χ1) is 4.55. The van der Waals surface area contributed by atoms with E-state index in [0.29, 0.717) is 6.42 Å². The highest BCUT2D eigenvalue weighted by molar-refractivity contribution is 6.14. The van der Waals surface area contributed by atoms with E-state index in [0.717, 1.165) is 0 Å². The molecule has 0 saturated carbocycles. The molecule has 0 bridgehead atoms. The summed E-state index contributed by atoms with van der Waals surface area (Å²) in [5, 5.41) is 17.9. The molecule has 3 nitrogen and oxygen atoms in total. The van der Waals surface area contributed by atoms with Gasteiger partial charge in [0.15, 0.2) is 0 Å². The first kappa shape index (κ1) is 8.05. The Bertz CT molecular complexity index is 126. The molecule has 0 aliphatic carbocycles. The van der Waals surface area contributed by atoms with Crippen LogP contribution in [-0.4, -0.2) is 42.4 Å². The summed E-state index contributed by atoms with van der Waals surface area (Å²) in [6.07, 6.45) is -0.270. The monoisotopic (exact) mass is 144 g/mol. The zero-order valence-electron chi connectivity index (χ0n) is 6.37. The molecule has 1 fully saturated rings. The molecule has 0 amide bonds. The van der Waals surface area contributed by atoms with Gasteiger partial charge in [0.05, 0.1) is 12.7 Å². The Labute approximate surface area is 61.4 Å². The molecule has 0 unspecified atom stereocenters. The molecule has 0 radical (unpaired) electrons. The zero-order chi connectivity index (χ0) is 7.78. The summed E-state index contributed by atoms with van der Waals surface area (Å²) < 4.78 is 5.31. The lowest BCUT2D eigenvalue weighted by Crippen LogP contribution is -2.27. The number of aliphatic hydroxyl groups is 2. The van der Waals surface area contributed by atoms with E-state index >= 15 is 0 Å². The van der Waals surface area contributed by atoms with E-state index in [4.69, 9.17) is 9.84 Å². The largest absolute Gasteiger partial charge is 0.394 e. The molecule has 1 rings (SSSR count). The van der Waals surface area contributed by atoms with E-state index in [2.05, 4.69) is 0 Å². The lowest BCUT2D eigenvalue weighted by Gasteiger charge is -2.17. The second-order valence-electron chi connectivity index (χ2n) is 3.37. The Morgan fingerprint density at radius 2 is 2.40 bits per heavy atom. The van der Waals surface area contributed by atoms with Crippen molar-refractivity contribution in [2.45, 2.75) is 31.1 Å². The molecule has 58 valence electrons. The maximum atomic E-state index is 9.24. The summed E-state index contributed by atoms with van der Waals surface area (Å²) in [5.74, 6) is 0. The molecule has 0 aromatic heterocycles. The highest BCUT2D eigenvalue weighted by Gasteiger charge is 2.38. The normalized spacial score (nSPS) is 47.9. The third kappa shape index (κ3) is 1.51. The Morgan fingerprint density at radius 3 is 2.60 bits per heavy atom. The topological polar surface area (TPSA) is 49.7 Å². The second kappa shape index (κ2) is 2.53. The maximum absolute atomic E-state index is 9.24. The Balaban J connectivity index is 2.52. The molecular weight excluding hydrogens is 131 g/mol. The van der Waals surface area contributed by atoms with E-state index in [9.17, 15) is 5.11 Å². The molecule has 0 aromatic rings. The van der Waals surface area contributed by atoms with Crippen LogP contribution in [0.2, 0.25) is 0 Å². The fraction of sp³-hybridized carbons (Fsp3) is 1.00. The van der Waals surface area contributed by atoms with Crippen molar-refractivity contribution in [2.24, 2.45) is 0 Å². The molecule has 1 heterocycles. The minimum atomic E-state index is -0.500. The highest BCUT2D eigenvalue weighted by atomic mass is 16.5. The summed E-state index contributed by atoms with van der Waals surface area (Å²) in [5.41, 5.74) is -0.271. The number of hydrogen-bond donors (Lipinski definition) is 2. The van der Waals surface area contributed by atoms with Gasteiger partial charge < -0.3 is 14.9 Å². The van der Waals surface area contributed by atoms with E-state index in [-0.39, 0.29) is 18.2 Å². The van der Waals surface area contributed by atoms with Gasteiger partial charge in [-0.15, -0.1) is 0 Å². The number of hydrogen-bond acceptors (Lipinski definition) is 3. The van der Waals surface area contributed by atoms with Crippen molar-refractivity contribution >= 4 is 7.85 Å². The second-order valence-corrected chi connectivity index (χ2v) is 3.37. The molecular formula is C6H13BO3. The fourth-order valence-electron chi connectivity index (χ4n) is 1.33. The van der Waals surface area contributed by atoms with Crippen molar-refractivity contribution in [3.8, 4) is 0 Å². The lowest BCUT2D eigenvalue weighted by atomic mass is 9.81. The molecule has 1 aliphatic heterocycles. The van der Waals surface area contributed by atoms with Gasteiger partial charge in [-0.1, -0.05) is 0 Å². The van der Waals surface area contributed by atoms with Gasteiger partial charge in [0, 0.05) is 5.50 Å². The van der Waals surface area contributed by atoms with Gasteiger partial charge in [-0.2, -0.15) is 0 Å². The van der Waals surface area contributed by atoms with Gasteiger partial charge in [-0.3, -0.25) is 0 Å². The molecule has 1 aliphatic rings. The third-order valence-electron chi connectivity index (χ3n) is 1.78. The summed E-state index contributed by atoms with van der Waals surface area (Å²) in [7, 11) is 1.91. The van der Waals surface area contributed by atoms with Crippen LogP contribution in [0.3, 0.4) is 0 Å². The van der Waals surface area contributed by atoms with Crippen LogP contribution >= 0.6 is 0 Å². The van der Waals surface area contributed by atoms with Crippen molar-refractivity contribution in [1.29, 1.82) is 0 Å². The number of rotatable bonds is 1. The predicted octanol–water partition coefficient (Wildman–Crippen LogP) is -1.52. The van der Waals surface area contributed by atoms with Gasteiger partial charge in [0.25, 0.3) is 0 Å². The van der Waals surface area contributed by atoms with Gasteiger partial charge in [0.2, 0.25) is 0 Å². The van der Waals surface area contributed by atoms with Crippen LogP contribution in [0.1, 0.15) is 13.3 Å². The van der Waals surface area contributed by atoms with Crippen LogP contribution in [0, 0.1) is 0 Å². The zero-order valence-corrected chi connectivity index (χ0v) is 6.37. The van der Waals surface area contributed by atoms with Crippen LogP contribution in [0.4, 0.5) is 0 Å². The van der Waals surface area contributed by atoms with E-state index in [1.165, 1.54) is 0 Å². The van der Waals surface area contributed by atoms with Crippen molar-refractivity contribution in [1.82, 2.24) is 0 Å². The van der Waals surface area contributed by atoms with Gasteiger partial charge in [0.1, 0.15) is 14.0 Å². The molecule has 0 aromatic carbocycles. The Morgan fingerprint density at radius 1 is 1.80 bits per heavy atom. The Kier molecular flexibility index (Phi) is 2.03. The highest BCUT2D eigenvalue weighted by Crippen LogP contribution is 2.26. The van der Waals surface area contributed by atoms with Crippen LogP contribution in [-0.2, 0) is 4.74 Å². The molecule has 1 saturated heterocycles. The van der Waals surface area contributed by atoms with Crippen LogP contribution in [0.5, 0.6) is 0 Å². The smallest absolute Gasteiger partial charge is 0.143 e. The fourth-order valence-corrected chi connectivity index (χ4v) is 1.33. The van der Waals surface area contributed by atoms with Crippen molar-refractivity contribution in [3.63, 3.8) is 0 Å². The van der Waals surface area contributed by atoms with Crippen LogP contribution in [0.15, 0.2) is 0 Å².